The Balaban J connectivity index is 1.69. The van der Waals surface area contributed by atoms with Crippen molar-refractivity contribution in [3.63, 3.8) is 0 Å². The zero-order chi connectivity index (χ0) is 14.8. The van der Waals surface area contributed by atoms with Crippen molar-refractivity contribution in [1.82, 2.24) is 4.90 Å². The lowest BCUT2D eigenvalue weighted by molar-refractivity contribution is -0.143. The van der Waals surface area contributed by atoms with Gasteiger partial charge >= 0.3 is 5.97 Å². The van der Waals surface area contributed by atoms with Crippen molar-refractivity contribution in [1.29, 1.82) is 0 Å². The molecule has 4 heteroatoms. The molecule has 0 radical (unpaired) electrons. The fourth-order valence-electron chi connectivity index (χ4n) is 3.75. The fourth-order valence-corrected chi connectivity index (χ4v) is 3.97. The largest absolute Gasteiger partial charge is 0.481 e. The van der Waals surface area contributed by atoms with Crippen LogP contribution in [0.3, 0.4) is 0 Å². The highest BCUT2D eigenvalue weighted by atomic mass is 35.5. The molecule has 2 aliphatic rings. The first-order chi connectivity index (χ1) is 10.2. The van der Waals surface area contributed by atoms with Crippen LogP contribution in [0, 0.1) is 5.92 Å². The molecule has 1 unspecified atom stereocenters. The number of aryl methyl sites for hydroxylation is 2. The Morgan fingerprint density at radius 3 is 2.71 bits per heavy atom. The van der Waals surface area contributed by atoms with Crippen LogP contribution in [0.25, 0.3) is 0 Å². The second kappa shape index (κ2) is 6.37. The van der Waals surface area contributed by atoms with Gasteiger partial charge in [-0.1, -0.05) is 18.2 Å². The summed E-state index contributed by atoms with van der Waals surface area (Å²) in [6.45, 7) is 1.81. The van der Waals surface area contributed by atoms with Crippen LogP contribution in [-0.2, 0) is 17.6 Å². The highest BCUT2D eigenvalue weighted by Crippen LogP contribution is 2.38. The minimum atomic E-state index is -0.632. The molecule has 0 spiro atoms. The quantitative estimate of drug-likeness (QED) is 0.868. The van der Waals surface area contributed by atoms with Crippen LogP contribution in [0.2, 0.25) is 0 Å². The van der Waals surface area contributed by atoms with Crippen LogP contribution in [0.15, 0.2) is 18.2 Å². The van der Waals surface area contributed by atoms with Gasteiger partial charge < -0.3 is 5.11 Å². The first-order valence-corrected chi connectivity index (χ1v) is 8.37. The molecule has 1 fully saturated rings. The Labute approximate surface area is 130 Å². The average molecular weight is 308 g/mol. The summed E-state index contributed by atoms with van der Waals surface area (Å²) in [5, 5.41) is 9.10. The predicted octanol–water partition coefficient (Wildman–Crippen LogP) is 3.25. The molecular formula is C17H22ClNO2. The number of hydrogen-bond donors (Lipinski definition) is 1. The monoisotopic (exact) mass is 307 g/mol. The van der Waals surface area contributed by atoms with Gasteiger partial charge in [0.2, 0.25) is 0 Å². The van der Waals surface area contributed by atoms with E-state index in [9.17, 15) is 4.79 Å². The van der Waals surface area contributed by atoms with Crippen LogP contribution in [0.1, 0.15) is 42.0 Å². The number of likely N-dealkylation sites (tertiary alicyclic amines) is 1. The molecule has 0 amide bonds. The van der Waals surface area contributed by atoms with E-state index in [1.165, 1.54) is 16.7 Å². The molecule has 1 aromatic carbocycles. The second-order valence-electron chi connectivity index (χ2n) is 6.18. The maximum Gasteiger partial charge on any atom is 0.306 e. The van der Waals surface area contributed by atoms with Gasteiger partial charge in [0.25, 0.3) is 0 Å². The first-order valence-electron chi connectivity index (χ1n) is 7.83. The predicted molar refractivity (Wildman–Crippen MR) is 83.9 cm³/mol. The molecule has 1 aromatic rings. The molecule has 21 heavy (non-hydrogen) atoms. The standard InChI is InChI=1S/C17H22ClNO2/c18-8-5-12-1-3-15-14(11-12)2-4-16(15)19-9-6-13(7-10-19)17(20)21/h1,3,11,13,16H,2,4-10H2,(H,20,21). The van der Waals surface area contributed by atoms with Crippen molar-refractivity contribution in [2.75, 3.05) is 19.0 Å². The highest BCUT2D eigenvalue weighted by molar-refractivity contribution is 6.17. The number of nitrogens with zero attached hydrogens (tertiary/aromatic N) is 1. The van der Waals surface area contributed by atoms with E-state index in [0.29, 0.717) is 11.9 Å². The topological polar surface area (TPSA) is 40.5 Å². The van der Waals surface area contributed by atoms with Crippen LogP contribution < -0.4 is 0 Å². The summed E-state index contributed by atoms with van der Waals surface area (Å²) in [5.41, 5.74) is 4.24. The summed E-state index contributed by atoms with van der Waals surface area (Å²) in [5.74, 6) is -0.106. The SMILES string of the molecule is O=C(O)C1CCN(C2CCc3cc(CCCl)ccc32)CC1. The lowest BCUT2D eigenvalue weighted by Gasteiger charge is -2.35. The van der Waals surface area contributed by atoms with E-state index >= 15 is 0 Å². The molecular weight excluding hydrogens is 286 g/mol. The Hall–Kier alpha value is -1.06. The molecule has 0 aromatic heterocycles. The summed E-state index contributed by atoms with van der Waals surface area (Å²) in [7, 11) is 0. The first kappa shape index (κ1) is 14.9. The van der Waals surface area contributed by atoms with E-state index in [0.717, 1.165) is 45.2 Å². The summed E-state index contributed by atoms with van der Waals surface area (Å²) >= 11 is 5.82. The van der Waals surface area contributed by atoms with Gasteiger partial charge in [-0.15, -0.1) is 11.6 Å². The third-order valence-electron chi connectivity index (χ3n) is 4.96. The second-order valence-corrected chi connectivity index (χ2v) is 6.55. The summed E-state index contributed by atoms with van der Waals surface area (Å²) in [6.07, 6.45) is 4.80. The summed E-state index contributed by atoms with van der Waals surface area (Å²) < 4.78 is 0. The van der Waals surface area contributed by atoms with E-state index < -0.39 is 5.97 Å². The number of aliphatic carboxylic acids is 1. The van der Waals surface area contributed by atoms with Crippen molar-refractivity contribution in [3.8, 4) is 0 Å². The molecule has 1 N–H and O–H groups in total. The molecule has 1 saturated heterocycles. The summed E-state index contributed by atoms with van der Waals surface area (Å²) in [4.78, 5) is 13.5. The van der Waals surface area contributed by atoms with Crippen molar-refractivity contribution >= 4 is 17.6 Å². The molecule has 1 atom stereocenters. The minimum absolute atomic E-state index is 0.145. The summed E-state index contributed by atoms with van der Waals surface area (Å²) in [6, 6.07) is 7.25. The van der Waals surface area contributed by atoms with Crippen LogP contribution >= 0.6 is 11.6 Å². The fraction of sp³-hybridized carbons (Fsp3) is 0.588. The van der Waals surface area contributed by atoms with Crippen molar-refractivity contribution in [2.45, 2.75) is 38.1 Å². The van der Waals surface area contributed by atoms with Crippen molar-refractivity contribution < 1.29 is 9.90 Å². The maximum absolute atomic E-state index is 11.1. The van der Waals surface area contributed by atoms with Crippen LogP contribution in [-0.4, -0.2) is 34.9 Å². The molecule has 0 bridgehead atoms. The number of carboxylic acid groups (broad SMARTS) is 1. The smallest absolute Gasteiger partial charge is 0.306 e. The highest BCUT2D eigenvalue weighted by Gasteiger charge is 2.32. The minimum Gasteiger partial charge on any atom is -0.481 e. The number of alkyl halides is 1. The lowest BCUT2D eigenvalue weighted by Crippen LogP contribution is -2.38. The van der Waals surface area contributed by atoms with Gasteiger partial charge in [-0.25, -0.2) is 0 Å². The van der Waals surface area contributed by atoms with Crippen LogP contribution in [0.5, 0.6) is 0 Å². The number of piperidine rings is 1. The number of rotatable bonds is 4. The van der Waals surface area contributed by atoms with Gasteiger partial charge in [0.05, 0.1) is 5.92 Å². The number of halogens is 1. The third-order valence-corrected chi connectivity index (χ3v) is 5.15. The molecule has 1 aliphatic carbocycles. The van der Waals surface area contributed by atoms with Crippen molar-refractivity contribution in [3.05, 3.63) is 34.9 Å². The average Bonchev–Trinajstić information content (AvgIpc) is 2.91. The van der Waals surface area contributed by atoms with Gasteiger partial charge in [0, 0.05) is 11.9 Å². The van der Waals surface area contributed by atoms with E-state index in [-0.39, 0.29) is 5.92 Å². The third kappa shape index (κ3) is 3.09. The molecule has 3 nitrogen and oxygen atoms in total. The van der Waals surface area contributed by atoms with Crippen LogP contribution in [0.4, 0.5) is 0 Å². The van der Waals surface area contributed by atoms with Gasteiger partial charge in [-0.05, 0) is 61.9 Å². The zero-order valence-corrected chi connectivity index (χ0v) is 13.0. The van der Waals surface area contributed by atoms with E-state index in [1.807, 2.05) is 0 Å². The number of hydrogen-bond acceptors (Lipinski definition) is 2. The molecule has 1 heterocycles. The number of carboxylic acids is 1. The van der Waals surface area contributed by atoms with Gasteiger partial charge in [0.15, 0.2) is 0 Å². The molecule has 3 rings (SSSR count). The van der Waals surface area contributed by atoms with Gasteiger partial charge in [0.1, 0.15) is 0 Å². The number of fused-ring (bicyclic) bond motifs is 1. The Morgan fingerprint density at radius 1 is 1.29 bits per heavy atom. The van der Waals surface area contributed by atoms with E-state index in [1.54, 1.807) is 0 Å². The molecule has 0 saturated carbocycles. The van der Waals surface area contributed by atoms with Crippen molar-refractivity contribution in [2.24, 2.45) is 5.92 Å². The Bertz CT molecular complexity index is 524. The number of carbonyl (C=O) groups is 1. The van der Waals surface area contributed by atoms with Gasteiger partial charge in [-0.3, -0.25) is 9.69 Å². The lowest BCUT2D eigenvalue weighted by atomic mass is 9.94. The van der Waals surface area contributed by atoms with E-state index in [4.69, 9.17) is 16.7 Å². The van der Waals surface area contributed by atoms with Gasteiger partial charge in [-0.2, -0.15) is 0 Å². The van der Waals surface area contributed by atoms with E-state index in [2.05, 4.69) is 23.1 Å². The number of benzene rings is 1. The molecule has 1 aliphatic heterocycles. The zero-order valence-electron chi connectivity index (χ0n) is 12.2. The molecule has 114 valence electrons. The normalized spacial score (nSPS) is 23.2. The Kier molecular flexibility index (Phi) is 4.51. The maximum atomic E-state index is 11.1. The Morgan fingerprint density at radius 2 is 2.05 bits per heavy atom.